The van der Waals surface area contributed by atoms with Crippen LogP contribution in [0.2, 0.25) is 0 Å². The Hall–Kier alpha value is -1.31. The second kappa shape index (κ2) is 6.64. The van der Waals surface area contributed by atoms with Gasteiger partial charge in [0.25, 0.3) is 0 Å². The minimum atomic E-state index is -0.607. The highest BCUT2D eigenvalue weighted by Crippen LogP contribution is 2.43. The third-order valence-corrected chi connectivity index (χ3v) is 5.36. The Labute approximate surface area is 128 Å². The number of aliphatic carboxylic acids is 1. The van der Waals surface area contributed by atoms with E-state index in [-0.39, 0.29) is 0 Å². The smallest absolute Gasteiger partial charge is 0.309 e. The molecule has 2 rings (SSSR count). The van der Waals surface area contributed by atoms with E-state index < -0.39 is 11.4 Å². The lowest BCUT2D eigenvalue weighted by atomic mass is 9.65. The van der Waals surface area contributed by atoms with Gasteiger partial charge in [-0.2, -0.15) is 0 Å². The van der Waals surface area contributed by atoms with Crippen molar-refractivity contribution >= 4 is 5.97 Å². The van der Waals surface area contributed by atoms with Crippen LogP contribution in [-0.4, -0.2) is 11.1 Å². The largest absolute Gasteiger partial charge is 0.481 e. The zero-order valence-electron chi connectivity index (χ0n) is 13.6. The first-order chi connectivity index (χ1) is 9.97. The van der Waals surface area contributed by atoms with Gasteiger partial charge in [0.05, 0.1) is 5.41 Å². The Morgan fingerprint density at radius 2 is 1.71 bits per heavy atom. The fraction of sp³-hybridized carbons (Fsp3) is 0.632. The average molecular weight is 288 g/mol. The summed E-state index contributed by atoms with van der Waals surface area (Å²) in [5.41, 5.74) is 1.93. The summed E-state index contributed by atoms with van der Waals surface area (Å²) >= 11 is 0. The zero-order valence-corrected chi connectivity index (χ0v) is 13.6. The number of carbonyl (C=O) groups is 1. The second-order valence-corrected chi connectivity index (χ2v) is 7.01. The third-order valence-electron chi connectivity index (χ3n) is 5.36. The molecule has 0 radical (unpaired) electrons. The van der Waals surface area contributed by atoms with Gasteiger partial charge in [0.2, 0.25) is 0 Å². The Morgan fingerprint density at radius 3 is 2.14 bits per heavy atom. The summed E-state index contributed by atoms with van der Waals surface area (Å²) in [6, 6.07) is 8.48. The molecule has 0 heterocycles. The monoisotopic (exact) mass is 288 g/mol. The van der Waals surface area contributed by atoms with Gasteiger partial charge in [-0.15, -0.1) is 0 Å². The van der Waals surface area contributed by atoms with Gasteiger partial charge in [0, 0.05) is 0 Å². The van der Waals surface area contributed by atoms with Gasteiger partial charge in [0.1, 0.15) is 0 Å². The molecule has 0 aliphatic heterocycles. The van der Waals surface area contributed by atoms with Crippen molar-refractivity contribution in [2.24, 2.45) is 17.3 Å². The van der Waals surface area contributed by atoms with Crippen molar-refractivity contribution < 1.29 is 9.90 Å². The maximum absolute atomic E-state index is 11.9. The molecule has 1 aliphatic carbocycles. The van der Waals surface area contributed by atoms with Crippen molar-refractivity contribution in [3.05, 3.63) is 35.4 Å². The highest BCUT2D eigenvalue weighted by Gasteiger charge is 2.42. The van der Waals surface area contributed by atoms with Crippen molar-refractivity contribution in [3.63, 3.8) is 0 Å². The number of carboxylic acid groups (broad SMARTS) is 1. The molecule has 21 heavy (non-hydrogen) atoms. The van der Waals surface area contributed by atoms with E-state index >= 15 is 0 Å². The van der Waals surface area contributed by atoms with E-state index in [4.69, 9.17) is 0 Å². The average Bonchev–Trinajstić information content (AvgIpc) is 2.48. The second-order valence-electron chi connectivity index (χ2n) is 7.01. The first-order valence-electron chi connectivity index (χ1n) is 8.28. The van der Waals surface area contributed by atoms with Crippen molar-refractivity contribution in [2.75, 3.05) is 0 Å². The van der Waals surface area contributed by atoms with E-state index in [9.17, 15) is 9.90 Å². The number of carboxylic acids is 1. The molecule has 1 aliphatic rings. The van der Waals surface area contributed by atoms with Crippen LogP contribution in [0, 0.1) is 17.3 Å². The standard InChI is InChI=1S/C19H28O2/c1-4-15-5-7-16(8-6-15)13-19(18(20)21)11-9-17(10-12-19)14(2)3/h5-8,14,17H,4,9-13H2,1-3H3,(H,20,21). The summed E-state index contributed by atoms with van der Waals surface area (Å²) in [5, 5.41) is 9.78. The first-order valence-corrected chi connectivity index (χ1v) is 8.28. The van der Waals surface area contributed by atoms with Crippen LogP contribution in [0.25, 0.3) is 0 Å². The lowest BCUT2D eigenvalue weighted by Crippen LogP contribution is -2.38. The molecule has 0 spiro atoms. The molecule has 2 heteroatoms. The molecule has 1 aromatic rings. The Balaban J connectivity index is 2.10. The van der Waals surface area contributed by atoms with E-state index in [1.165, 1.54) is 5.56 Å². The van der Waals surface area contributed by atoms with E-state index in [2.05, 4.69) is 45.0 Å². The Morgan fingerprint density at radius 1 is 1.19 bits per heavy atom. The molecule has 0 saturated heterocycles. The summed E-state index contributed by atoms with van der Waals surface area (Å²) in [7, 11) is 0. The van der Waals surface area contributed by atoms with Gasteiger partial charge in [0.15, 0.2) is 0 Å². The highest BCUT2D eigenvalue weighted by molar-refractivity contribution is 5.75. The molecule has 0 bridgehead atoms. The van der Waals surface area contributed by atoms with Crippen LogP contribution in [-0.2, 0) is 17.6 Å². The predicted molar refractivity (Wildman–Crippen MR) is 86.4 cm³/mol. The van der Waals surface area contributed by atoms with Crippen LogP contribution < -0.4 is 0 Å². The maximum atomic E-state index is 11.9. The quantitative estimate of drug-likeness (QED) is 0.852. The number of aryl methyl sites for hydroxylation is 1. The summed E-state index contributed by atoms with van der Waals surface area (Å²) in [6.07, 6.45) is 5.45. The minimum Gasteiger partial charge on any atom is -0.481 e. The van der Waals surface area contributed by atoms with E-state index in [0.717, 1.165) is 37.7 Å². The van der Waals surface area contributed by atoms with Crippen LogP contribution in [0.4, 0.5) is 0 Å². The number of hydrogen-bond donors (Lipinski definition) is 1. The molecule has 0 atom stereocenters. The van der Waals surface area contributed by atoms with Crippen molar-refractivity contribution in [3.8, 4) is 0 Å². The summed E-state index contributed by atoms with van der Waals surface area (Å²) in [4.78, 5) is 11.9. The predicted octanol–water partition coefficient (Wildman–Crippen LogP) is 4.71. The molecular weight excluding hydrogens is 260 g/mol. The molecule has 1 fully saturated rings. The van der Waals surface area contributed by atoms with Gasteiger partial charge in [-0.1, -0.05) is 45.0 Å². The molecule has 1 aromatic carbocycles. The van der Waals surface area contributed by atoms with E-state index in [1.807, 2.05) is 0 Å². The Kier molecular flexibility index (Phi) is 5.08. The lowest BCUT2D eigenvalue weighted by molar-refractivity contribution is -0.151. The molecule has 0 unspecified atom stereocenters. The Bertz CT molecular complexity index is 465. The van der Waals surface area contributed by atoms with Crippen molar-refractivity contribution in [1.29, 1.82) is 0 Å². The molecule has 116 valence electrons. The SMILES string of the molecule is CCc1ccc(CC2(C(=O)O)CCC(C(C)C)CC2)cc1. The summed E-state index contributed by atoms with van der Waals surface area (Å²) in [6.45, 7) is 6.64. The van der Waals surface area contributed by atoms with Crippen LogP contribution >= 0.6 is 0 Å². The molecular formula is C19H28O2. The van der Waals surface area contributed by atoms with Crippen molar-refractivity contribution in [2.45, 2.75) is 59.3 Å². The van der Waals surface area contributed by atoms with E-state index in [0.29, 0.717) is 18.3 Å². The number of benzene rings is 1. The number of hydrogen-bond acceptors (Lipinski definition) is 1. The topological polar surface area (TPSA) is 37.3 Å². The third kappa shape index (κ3) is 3.66. The van der Waals surface area contributed by atoms with Gasteiger partial charge in [-0.25, -0.2) is 0 Å². The molecule has 1 saturated carbocycles. The van der Waals surface area contributed by atoms with Crippen molar-refractivity contribution in [1.82, 2.24) is 0 Å². The summed E-state index contributed by atoms with van der Waals surface area (Å²) < 4.78 is 0. The minimum absolute atomic E-state index is 0.543. The van der Waals surface area contributed by atoms with Crippen LogP contribution in [0.3, 0.4) is 0 Å². The first kappa shape index (κ1) is 16.1. The zero-order chi connectivity index (χ0) is 15.5. The maximum Gasteiger partial charge on any atom is 0.309 e. The fourth-order valence-corrected chi connectivity index (χ4v) is 3.61. The van der Waals surface area contributed by atoms with Gasteiger partial charge in [-0.05, 0) is 61.5 Å². The normalized spacial score (nSPS) is 26.0. The van der Waals surface area contributed by atoms with Crippen LogP contribution in [0.1, 0.15) is 57.6 Å². The lowest BCUT2D eigenvalue weighted by Gasteiger charge is -2.38. The van der Waals surface area contributed by atoms with E-state index in [1.54, 1.807) is 0 Å². The summed E-state index contributed by atoms with van der Waals surface area (Å²) in [5.74, 6) is 0.754. The van der Waals surface area contributed by atoms with Gasteiger partial charge in [-0.3, -0.25) is 4.79 Å². The van der Waals surface area contributed by atoms with Gasteiger partial charge < -0.3 is 5.11 Å². The van der Waals surface area contributed by atoms with Gasteiger partial charge >= 0.3 is 5.97 Å². The fourth-order valence-electron chi connectivity index (χ4n) is 3.61. The van der Waals surface area contributed by atoms with Crippen LogP contribution in [0.15, 0.2) is 24.3 Å². The highest BCUT2D eigenvalue weighted by atomic mass is 16.4. The molecule has 0 amide bonds. The number of rotatable bonds is 5. The van der Waals surface area contributed by atoms with Crippen LogP contribution in [0.5, 0.6) is 0 Å². The molecule has 2 nitrogen and oxygen atoms in total. The molecule has 0 aromatic heterocycles. The molecule has 1 N–H and O–H groups in total.